The molecule has 1 aliphatic heterocycles. The summed E-state index contributed by atoms with van der Waals surface area (Å²) in [6, 6.07) is 4.24. The van der Waals surface area contributed by atoms with Crippen LogP contribution in [0.3, 0.4) is 0 Å². The van der Waals surface area contributed by atoms with Crippen molar-refractivity contribution in [2.24, 2.45) is 5.92 Å². The van der Waals surface area contributed by atoms with Crippen LogP contribution in [0.15, 0.2) is 18.2 Å². The van der Waals surface area contributed by atoms with Gasteiger partial charge in [0.25, 0.3) is 5.91 Å². The van der Waals surface area contributed by atoms with Crippen molar-refractivity contribution in [1.29, 1.82) is 0 Å². The van der Waals surface area contributed by atoms with Gasteiger partial charge < -0.3 is 10.0 Å². The largest absolute Gasteiger partial charge is 0.384 e. The van der Waals surface area contributed by atoms with Crippen molar-refractivity contribution in [3.8, 4) is 11.8 Å². The molecule has 21 heavy (non-hydrogen) atoms. The number of hydrogen-bond acceptors (Lipinski definition) is 2. The van der Waals surface area contributed by atoms with E-state index < -0.39 is 5.82 Å². The third-order valence-corrected chi connectivity index (χ3v) is 3.81. The second kappa shape index (κ2) is 7.24. The zero-order valence-electron chi connectivity index (χ0n) is 12.2. The van der Waals surface area contributed by atoms with Crippen molar-refractivity contribution in [3.05, 3.63) is 35.1 Å². The van der Waals surface area contributed by atoms with Gasteiger partial charge in [0.15, 0.2) is 0 Å². The van der Waals surface area contributed by atoms with E-state index in [1.54, 1.807) is 4.90 Å². The van der Waals surface area contributed by atoms with Crippen LogP contribution in [0.25, 0.3) is 0 Å². The molecule has 1 aromatic rings. The van der Waals surface area contributed by atoms with Gasteiger partial charge >= 0.3 is 0 Å². The van der Waals surface area contributed by atoms with Gasteiger partial charge in [-0.15, -0.1) is 0 Å². The van der Waals surface area contributed by atoms with E-state index >= 15 is 0 Å². The van der Waals surface area contributed by atoms with Gasteiger partial charge in [-0.25, -0.2) is 4.39 Å². The topological polar surface area (TPSA) is 40.5 Å². The summed E-state index contributed by atoms with van der Waals surface area (Å²) in [6.07, 6.45) is 3.02. The van der Waals surface area contributed by atoms with Crippen LogP contribution in [0.5, 0.6) is 0 Å². The Hall–Kier alpha value is -1.86. The van der Waals surface area contributed by atoms with Crippen molar-refractivity contribution >= 4 is 5.91 Å². The Morgan fingerprint density at radius 1 is 1.43 bits per heavy atom. The molecule has 0 aromatic heterocycles. The van der Waals surface area contributed by atoms with Crippen LogP contribution in [0.1, 0.15) is 42.1 Å². The number of carbonyl (C=O) groups is 1. The van der Waals surface area contributed by atoms with Crippen LogP contribution in [-0.2, 0) is 0 Å². The number of rotatable bonds is 1. The molecule has 0 bridgehead atoms. The molecule has 3 nitrogen and oxygen atoms in total. The van der Waals surface area contributed by atoms with E-state index in [1.165, 1.54) is 18.2 Å². The second-order valence-corrected chi connectivity index (χ2v) is 5.48. The molecular formula is C17H20FNO2. The lowest BCUT2D eigenvalue weighted by molar-refractivity contribution is 0.0755. The highest BCUT2D eigenvalue weighted by molar-refractivity contribution is 5.94. The van der Waals surface area contributed by atoms with Gasteiger partial charge in [-0.05, 0) is 43.4 Å². The Morgan fingerprint density at radius 3 is 3.00 bits per heavy atom. The van der Waals surface area contributed by atoms with Crippen molar-refractivity contribution in [3.63, 3.8) is 0 Å². The van der Waals surface area contributed by atoms with Gasteiger partial charge in [-0.3, -0.25) is 4.79 Å². The Balaban J connectivity index is 2.21. The second-order valence-electron chi connectivity index (χ2n) is 5.48. The van der Waals surface area contributed by atoms with Gasteiger partial charge in [0, 0.05) is 18.7 Å². The van der Waals surface area contributed by atoms with Crippen LogP contribution in [-0.4, -0.2) is 35.6 Å². The summed E-state index contributed by atoms with van der Waals surface area (Å²) in [7, 11) is 0. The standard InChI is InChI=1S/C17H20FNO2/c1-13-4-2-9-19(10-8-13)17(21)15-12-14(5-3-11-20)6-7-16(15)18/h6-7,12-13,20H,2,4,8-11H2,1H3. The molecule has 1 fully saturated rings. The SMILES string of the molecule is CC1CCCN(C(=O)c2cc(C#CCO)ccc2F)CC1. The molecule has 0 radical (unpaired) electrons. The molecule has 1 heterocycles. The molecule has 1 unspecified atom stereocenters. The zero-order chi connectivity index (χ0) is 15.2. The van der Waals surface area contributed by atoms with Gasteiger partial charge in [0.2, 0.25) is 0 Å². The van der Waals surface area contributed by atoms with Crippen molar-refractivity contribution in [1.82, 2.24) is 4.90 Å². The molecule has 4 heteroatoms. The highest BCUT2D eigenvalue weighted by Crippen LogP contribution is 2.20. The predicted octanol–water partition coefficient (Wildman–Crippen LogP) is 2.43. The molecule has 0 spiro atoms. The number of aliphatic hydroxyl groups excluding tert-OH is 1. The van der Waals surface area contributed by atoms with E-state index in [1.807, 2.05) is 0 Å². The van der Waals surface area contributed by atoms with E-state index in [-0.39, 0.29) is 18.1 Å². The summed E-state index contributed by atoms with van der Waals surface area (Å²) in [5, 5.41) is 8.70. The number of hydrogen-bond donors (Lipinski definition) is 1. The highest BCUT2D eigenvalue weighted by atomic mass is 19.1. The first-order valence-corrected chi connectivity index (χ1v) is 7.30. The van der Waals surface area contributed by atoms with Crippen molar-refractivity contribution in [2.75, 3.05) is 19.7 Å². The summed E-state index contributed by atoms with van der Waals surface area (Å²) in [5.41, 5.74) is 0.603. The number of carbonyl (C=O) groups excluding carboxylic acids is 1. The molecule has 1 saturated heterocycles. The fourth-order valence-corrected chi connectivity index (χ4v) is 2.54. The molecule has 1 atom stereocenters. The first kappa shape index (κ1) is 15.5. The lowest BCUT2D eigenvalue weighted by Gasteiger charge is -2.20. The molecule has 2 rings (SSSR count). The van der Waals surface area contributed by atoms with Crippen LogP contribution in [0.4, 0.5) is 4.39 Å². The number of likely N-dealkylation sites (tertiary alicyclic amines) is 1. The van der Waals surface area contributed by atoms with Crippen LogP contribution in [0.2, 0.25) is 0 Å². The maximum absolute atomic E-state index is 13.9. The van der Waals surface area contributed by atoms with Gasteiger partial charge in [-0.1, -0.05) is 18.8 Å². The maximum Gasteiger partial charge on any atom is 0.256 e. The normalized spacial score (nSPS) is 18.6. The monoisotopic (exact) mass is 289 g/mol. The zero-order valence-corrected chi connectivity index (χ0v) is 12.2. The van der Waals surface area contributed by atoms with E-state index in [0.717, 1.165) is 19.3 Å². The average molecular weight is 289 g/mol. The molecule has 1 aromatic carbocycles. The first-order chi connectivity index (χ1) is 10.1. The highest BCUT2D eigenvalue weighted by Gasteiger charge is 2.22. The Labute approximate surface area is 124 Å². The summed E-state index contributed by atoms with van der Waals surface area (Å²) in [6.45, 7) is 3.27. The number of aliphatic hydroxyl groups is 1. The van der Waals surface area contributed by atoms with E-state index in [9.17, 15) is 9.18 Å². The number of nitrogens with zero attached hydrogens (tertiary/aromatic N) is 1. The summed E-state index contributed by atoms with van der Waals surface area (Å²) in [5.74, 6) is 5.02. The fourth-order valence-electron chi connectivity index (χ4n) is 2.54. The third kappa shape index (κ3) is 4.05. The summed E-state index contributed by atoms with van der Waals surface area (Å²) < 4.78 is 13.9. The van der Waals surface area contributed by atoms with Crippen LogP contribution >= 0.6 is 0 Å². The minimum absolute atomic E-state index is 0.0642. The van der Waals surface area contributed by atoms with Crippen LogP contribution < -0.4 is 0 Å². The maximum atomic E-state index is 13.9. The van der Waals surface area contributed by atoms with Gasteiger partial charge in [-0.2, -0.15) is 0 Å². The molecule has 0 saturated carbocycles. The Morgan fingerprint density at radius 2 is 2.24 bits per heavy atom. The third-order valence-electron chi connectivity index (χ3n) is 3.81. The fraction of sp³-hybridized carbons (Fsp3) is 0.471. The van der Waals surface area contributed by atoms with Crippen molar-refractivity contribution in [2.45, 2.75) is 26.2 Å². The quantitative estimate of drug-likeness (QED) is 0.807. The summed E-state index contributed by atoms with van der Waals surface area (Å²) >= 11 is 0. The Kier molecular flexibility index (Phi) is 5.35. The molecule has 0 aliphatic carbocycles. The molecule has 1 N–H and O–H groups in total. The van der Waals surface area contributed by atoms with Gasteiger partial charge in [0.1, 0.15) is 12.4 Å². The van der Waals surface area contributed by atoms with Crippen LogP contribution in [0, 0.1) is 23.6 Å². The molecular weight excluding hydrogens is 269 g/mol. The van der Waals surface area contributed by atoms with E-state index in [4.69, 9.17) is 5.11 Å². The van der Waals surface area contributed by atoms with E-state index in [2.05, 4.69) is 18.8 Å². The Bertz CT molecular complexity index is 574. The van der Waals surface area contributed by atoms with Crippen molar-refractivity contribution < 1.29 is 14.3 Å². The van der Waals surface area contributed by atoms with Gasteiger partial charge in [0.05, 0.1) is 5.56 Å². The minimum Gasteiger partial charge on any atom is -0.384 e. The molecule has 1 amide bonds. The summed E-state index contributed by atoms with van der Waals surface area (Å²) in [4.78, 5) is 14.2. The smallest absolute Gasteiger partial charge is 0.256 e. The molecule has 112 valence electrons. The number of benzene rings is 1. The minimum atomic E-state index is -0.521. The van der Waals surface area contributed by atoms with E-state index in [0.29, 0.717) is 24.6 Å². The lowest BCUT2D eigenvalue weighted by Crippen LogP contribution is -2.32. The average Bonchev–Trinajstić information content (AvgIpc) is 2.70. The molecule has 1 aliphatic rings. The number of halogens is 1. The first-order valence-electron chi connectivity index (χ1n) is 7.30. The number of amides is 1. The lowest BCUT2D eigenvalue weighted by atomic mass is 10.0. The predicted molar refractivity (Wildman–Crippen MR) is 79.3 cm³/mol.